The van der Waals surface area contributed by atoms with Gasteiger partial charge in [-0.1, -0.05) is 12.1 Å². The van der Waals surface area contributed by atoms with Gasteiger partial charge in [-0.15, -0.1) is 0 Å². The molecule has 1 heterocycles. The second kappa shape index (κ2) is 5.66. The zero-order valence-electron chi connectivity index (χ0n) is 11.8. The fourth-order valence-electron chi connectivity index (χ4n) is 1.92. The van der Waals surface area contributed by atoms with Crippen LogP contribution in [-0.2, 0) is 4.74 Å². The molecule has 21 heavy (non-hydrogen) atoms. The van der Waals surface area contributed by atoms with Gasteiger partial charge in [0.05, 0.1) is 14.2 Å². The van der Waals surface area contributed by atoms with Gasteiger partial charge in [0.15, 0.2) is 5.75 Å². The molecule has 0 aliphatic carbocycles. The summed E-state index contributed by atoms with van der Waals surface area (Å²) in [6, 6.07) is 6.12. The lowest BCUT2D eigenvalue weighted by atomic mass is 10.2. The first-order valence-corrected chi connectivity index (χ1v) is 6.05. The number of carbonyl (C=O) groups is 1. The van der Waals surface area contributed by atoms with Gasteiger partial charge in [0.1, 0.15) is 11.4 Å². The summed E-state index contributed by atoms with van der Waals surface area (Å²) in [7, 11) is 2.62. The molecule has 0 bridgehead atoms. The molecule has 1 aromatic heterocycles. The summed E-state index contributed by atoms with van der Waals surface area (Å²) in [6.07, 6.45) is 0. The van der Waals surface area contributed by atoms with Crippen LogP contribution in [0.5, 0.6) is 11.5 Å². The van der Waals surface area contributed by atoms with E-state index in [0.29, 0.717) is 11.4 Å². The van der Waals surface area contributed by atoms with Crippen LogP contribution in [-0.4, -0.2) is 35.1 Å². The maximum absolute atomic E-state index is 12.1. The number of hydrogen-bond acceptors (Lipinski definition) is 6. The van der Waals surface area contributed by atoms with E-state index < -0.39 is 17.3 Å². The van der Waals surface area contributed by atoms with Crippen molar-refractivity contribution in [1.82, 2.24) is 9.78 Å². The highest BCUT2D eigenvalue weighted by molar-refractivity contribution is 5.89. The van der Waals surface area contributed by atoms with Crippen molar-refractivity contribution >= 4 is 5.97 Å². The molecule has 7 nitrogen and oxygen atoms in total. The summed E-state index contributed by atoms with van der Waals surface area (Å²) in [6.45, 7) is 1.77. The molecule has 2 rings (SSSR count). The molecule has 110 valence electrons. The zero-order valence-corrected chi connectivity index (χ0v) is 11.8. The number of methoxy groups -OCH3 is 2. The smallest absolute Gasteiger partial charge is 0.362 e. The summed E-state index contributed by atoms with van der Waals surface area (Å²) < 4.78 is 10.7. The Kier molecular flexibility index (Phi) is 3.93. The molecule has 1 N–H and O–H groups in total. The topological polar surface area (TPSA) is 90.6 Å². The molecular formula is C14H14N2O5. The highest BCUT2D eigenvalue weighted by Gasteiger charge is 2.19. The summed E-state index contributed by atoms with van der Waals surface area (Å²) >= 11 is 0. The number of nitrogens with zero attached hydrogens (tertiary/aromatic N) is 2. The maximum atomic E-state index is 12.1. The highest BCUT2D eigenvalue weighted by atomic mass is 16.5. The second-order valence-electron chi connectivity index (χ2n) is 4.25. The number of ether oxygens (including phenoxy) is 2. The monoisotopic (exact) mass is 290 g/mol. The third kappa shape index (κ3) is 2.58. The first-order valence-electron chi connectivity index (χ1n) is 6.05. The number of rotatable bonds is 3. The fourth-order valence-corrected chi connectivity index (χ4v) is 1.92. The number of benzene rings is 1. The molecule has 0 spiro atoms. The predicted octanol–water partition coefficient (Wildman–Crippen LogP) is 1.04. The first kappa shape index (κ1) is 14.6. The van der Waals surface area contributed by atoms with E-state index in [1.54, 1.807) is 25.1 Å². The zero-order chi connectivity index (χ0) is 15.6. The van der Waals surface area contributed by atoms with Crippen molar-refractivity contribution in [3.8, 4) is 17.2 Å². The van der Waals surface area contributed by atoms with Crippen molar-refractivity contribution in [2.45, 2.75) is 6.92 Å². The first-order chi connectivity index (χ1) is 9.99. The van der Waals surface area contributed by atoms with Crippen LogP contribution in [0.4, 0.5) is 0 Å². The van der Waals surface area contributed by atoms with Gasteiger partial charge in [-0.25, -0.2) is 4.79 Å². The van der Waals surface area contributed by atoms with Gasteiger partial charge in [0, 0.05) is 6.07 Å². The van der Waals surface area contributed by atoms with Crippen molar-refractivity contribution in [3.05, 3.63) is 45.9 Å². The van der Waals surface area contributed by atoms with Crippen LogP contribution in [0.25, 0.3) is 5.69 Å². The quantitative estimate of drug-likeness (QED) is 0.849. The molecule has 0 radical (unpaired) electrons. The fraction of sp³-hybridized carbons (Fsp3) is 0.214. The van der Waals surface area contributed by atoms with Gasteiger partial charge >= 0.3 is 5.97 Å². The second-order valence-corrected chi connectivity index (χ2v) is 4.25. The number of esters is 1. The van der Waals surface area contributed by atoms with E-state index in [0.717, 1.165) is 23.4 Å². The van der Waals surface area contributed by atoms with Crippen molar-refractivity contribution in [1.29, 1.82) is 0 Å². The minimum atomic E-state index is -0.839. The van der Waals surface area contributed by atoms with Gasteiger partial charge in [0.25, 0.3) is 5.56 Å². The van der Waals surface area contributed by atoms with Gasteiger partial charge in [0.2, 0.25) is 5.69 Å². The predicted molar refractivity (Wildman–Crippen MR) is 74.1 cm³/mol. The van der Waals surface area contributed by atoms with Crippen LogP contribution in [0.3, 0.4) is 0 Å². The van der Waals surface area contributed by atoms with Crippen LogP contribution in [0.1, 0.15) is 16.1 Å². The minimum Gasteiger partial charge on any atom is -0.505 e. The average molecular weight is 290 g/mol. The Labute approximate surface area is 120 Å². The summed E-state index contributed by atoms with van der Waals surface area (Å²) in [5.41, 5.74) is 0.191. The van der Waals surface area contributed by atoms with Crippen LogP contribution in [0.2, 0.25) is 0 Å². The number of aromatic hydroxyl groups is 1. The van der Waals surface area contributed by atoms with Crippen molar-refractivity contribution in [2.24, 2.45) is 0 Å². The largest absolute Gasteiger partial charge is 0.505 e. The lowest BCUT2D eigenvalue weighted by molar-refractivity contribution is 0.0588. The van der Waals surface area contributed by atoms with Crippen LogP contribution >= 0.6 is 0 Å². The molecule has 0 unspecified atom stereocenters. The SMILES string of the molecule is COC(=O)c1nn(-c2c(C)cccc2OC)c(=O)cc1O. The lowest BCUT2D eigenvalue weighted by Crippen LogP contribution is -2.24. The van der Waals surface area contributed by atoms with Gasteiger partial charge in [-0.05, 0) is 18.6 Å². The Morgan fingerprint density at radius 3 is 2.67 bits per heavy atom. The number of para-hydroxylation sites is 1. The molecule has 0 fully saturated rings. The van der Waals surface area contributed by atoms with Crippen LogP contribution < -0.4 is 10.3 Å². The minimum absolute atomic E-state index is 0.345. The lowest BCUT2D eigenvalue weighted by Gasteiger charge is -2.13. The standard InChI is InChI=1S/C14H14N2O5/c1-8-5-4-6-10(20-2)13(8)16-11(18)7-9(17)12(15-16)14(19)21-3/h4-7,17H,1-3H3. The van der Waals surface area contributed by atoms with Crippen LogP contribution in [0, 0.1) is 6.92 Å². The molecule has 0 saturated heterocycles. The number of aromatic nitrogens is 2. The van der Waals surface area contributed by atoms with E-state index in [9.17, 15) is 14.7 Å². The van der Waals surface area contributed by atoms with Crippen molar-refractivity contribution < 1.29 is 19.4 Å². The van der Waals surface area contributed by atoms with Crippen molar-refractivity contribution in [2.75, 3.05) is 14.2 Å². The van der Waals surface area contributed by atoms with E-state index in [1.165, 1.54) is 7.11 Å². The van der Waals surface area contributed by atoms with Gasteiger partial charge < -0.3 is 14.6 Å². The van der Waals surface area contributed by atoms with Crippen molar-refractivity contribution in [3.63, 3.8) is 0 Å². The van der Waals surface area contributed by atoms with Crippen LogP contribution in [0.15, 0.2) is 29.1 Å². The Bertz CT molecular complexity index is 752. The third-order valence-corrected chi connectivity index (χ3v) is 2.92. The van der Waals surface area contributed by atoms with E-state index in [-0.39, 0.29) is 5.69 Å². The number of hydrogen-bond donors (Lipinski definition) is 1. The molecule has 1 aromatic carbocycles. The van der Waals surface area contributed by atoms with E-state index >= 15 is 0 Å². The Morgan fingerprint density at radius 1 is 1.33 bits per heavy atom. The number of carbonyl (C=O) groups excluding carboxylic acids is 1. The molecule has 0 aliphatic rings. The summed E-state index contributed by atoms with van der Waals surface area (Å²) in [4.78, 5) is 23.6. The molecule has 0 saturated carbocycles. The normalized spacial score (nSPS) is 10.2. The third-order valence-electron chi connectivity index (χ3n) is 2.92. The van der Waals surface area contributed by atoms with Gasteiger partial charge in [-0.2, -0.15) is 9.78 Å². The molecule has 0 aliphatic heterocycles. The molecular weight excluding hydrogens is 276 g/mol. The highest BCUT2D eigenvalue weighted by Crippen LogP contribution is 2.25. The Morgan fingerprint density at radius 2 is 2.05 bits per heavy atom. The molecule has 0 atom stereocenters. The van der Waals surface area contributed by atoms with Gasteiger partial charge in [-0.3, -0.25) is 4.79 Å². The average Bonchev–Trinajstić information content (AvgIpc) is 2.47. The molecule has 0 amide bonds. The molecule has 2 aromatic rings. The van der Waals surface area contributed by atoms with E-state index in [1.807, 2.05) is 0 Å². The Balaban J connectivity index is 2.76. The number of aryl methyl sites for hydroxylation is 1. The van der Waals surface area contributed by atoms with E-state index in [2.05, 4.69) is 9.84 Å². The Hall–Kier alpha value is -2.83. The molecule has 7 heteroatoms. The van der Waals surface area contributed by atoms with E-state index in [4.69, 9.17) is 4.74 Å². The maximum Gasteiger partial charge on any atom is 0.362 e. The summed E-state index contributed by atoms with van der Waals surface area (Å²) in [5.74, 6) is -0.949. The summed E-state index contributed by atoms with van der Waals surface area (Å²) in [5, 5.41) is 13.5.